The second-order valence-electron chi connectivity index (χ2n) is 9.83. The molecule has 0 radical (unpaired) electrons. The van der Waals surface area contributed by atoms with Crippen LogP contribution in [0.4, 0.5) is 10.1 Å². The normalized spacial score (nSPS) is 17.4. The van der Waals surface area contributed by atoms with Gasteiger partial charge in [0.15, 0.2) is 0 Å². The first-order valence-corrected chi connectivity index (χ1v) is 10.7. The lowest BCUT2D eigenvalue weighted by atomic mass is 9.81. The molecule has 0 N–H and O–H groups in total. The van der Waals surface area contributed by atoms with Gasteiger partial charge in [0, 0.05) is 13.1 Å². The first-order valence-electron chi connectivity index (χ1n) is 10.7. The highest BCUT2D eigenvalue weighted by Crippen LogP contribution is 2.35. The molecule has 1 aliphatic rings. The zero-order valence-electron chi connectivity index (χ0n) is 18.9. The third-order valence-corrected chi connectivity index (χ3v) is 5.55. The van der Waals surface area contributed by atoms with Crippen molar-refractivity contribution in [3.8, 4) is 5.75 Å². The summed E-state index contributed by atoms with van der Waals surface area (Å²) in [4.78, 5) is 6.87. The van der Waals surface area contributed by atoms with Crippen LogP contribution in [0.1, 0.15) is 77.3 Å². The summed E-state index contributed by atoms with van der Waals surface area (Å²) in [6.45, 7) is 12.4. The number of alkyl halides is 1. The Morgan fingerprint density at radius 2 is 1.89 bits per heavy atom. The van der Waals surface area contributed by atoms with Crippen molar-refractivity contribution in [2.45, 2.75) is 91.8 Å². The summed E-state index contributed by atoms with van der Waals surface area (Å²) in [5.74, 6) is 0.760. The molecule has 0 aliphatic heterocycles. The maximum Gasteiger partial charge on any atom is 0.145 e. The fraction of sp³-hybridized carbons (Fsp3) is 0.708. The zero-order chi connectivity index (χ0) is 20.9. The van der Waals surface area contributed by atoms with Crippen LogP contribution in [0.2, 0.25) is 0 Å². The van der Waals surface area contributed by atoms with Crippen LogP contribution in [0.3, 0.4) is 0 Å². The maximum atomic E-state index is 15.5. The van der Waals surface area contributed by atoms with Crippen LogP contribution in [-0.2, 0) is 0 Å². The van der Waals surface area contributed by atoms with E-state index in [-0.39, 0.29) is 12.0 Å². The fourth-order valence-corrected chi connectivity index (χ4v) is 3.93. The monoisotopic (exact) mass is 390 g/mol. The number of hydrogen-bond donors (Lipinski definition) is 0. The van der Waals surface area contributed by atoms with Crippen molar-refractivity contribution in [1.82, 2.24) is 4.90 Å². The van der Waals surface area contributed by atoms with Gasteiger partial charge in [-0.3, -0.25) is 0 Å². The highest BCUT2D eigenvalue weighted by Gasteiger charge is 2.35. The van der Waals surface area contributed by atoms with Crippen molar-refractivity contribution in [3.63, 3.8) is 0 Å². The molecule has 1 atom stereocenters. The highest BCUT2D eigenvalue weighted by molar-refractivity contribution is 5.65. The lowest BCUT2D eigenvalue weighted by Gasteiger charge is -2.33. The van der Waals surface area contributed by atoms with Gasteiger partial charge in [-0.05, 0) is 74.6 Å². The number of hydrogen-bond acceptors (Lipinski definition) is 2. The summed E-state index contributed by atoms with van der Waals surface area (Å²) in [7, 11) is 2.09. The minimum Gasteiger partial charge on any atom is -0.490 e. The molecule has 0 bridgehead atoms. The Labute approximate surface area is 171 Å². The van der Waals surface area contributed by atoms with Gasteiger partial charge in [0.2, 0.25) is 0 Å². The molecule has 0 heterocycles. The standard InChI is InChI=1S/C24H39FN2O/c1-8-12-24(25,15-23(4,5)6)16-28-22-14-18(2)21(13-19(22)3)26-17-27(7)20-10-9-11-20/h13-14,17,20H,8-12,15-16H2,1-7H3. The molecule has 1 aromatic carbocycles. The number of rotatable bonds is 9. The Hall–Kier alpha value is -1.58. The number of nitrogens with zero attached hydrogens (tertiary/aromatic N) is 2. The Morgan fingerprint density at radius 1 is 1.21 bits per heavy atom. The SMILES string of the molecule is CCCC(F)(COc1cc(C)c(N=CN(C)C2CCC2)cc1C)CC(C)(C)C. The van der Waals surface area contributed by atoms with Crippen LogP contribution in [0.25, 0.3) is 0 Å². The summed E-state index contributed by atoms with van der Waals surface area (Å²) in [5, 5.41) is 0. The van der Waals surface area contributed by atoms with Crippen LogP contribution >= 0.6 is 0 Å². The van der Waals surface area contributed by atoms with E-state index in [4.69, 9.17) is 4.74 Å². The molecular weight excluding hydrogens is 351 g/mol. The Bertz CT molecular complexity index is 676. The number of aliphatic imine (C=N–C) groups is 1. The lowest BCUT2D eigenvalue weighted by molar-refractivity contribution is 0.0350. The molecule has 1 fully saturated rings. The van der Waals surface area contributed by atoms with E-state index in [1.807, 2.05) is 39.2 Å². The van der Waals surface area contributed by atoms with Crippen LogP contribution in [-0.4, -0.2) is 36.6 Å². The van der Waals surface area contributed by atoms with E-state index in [0.717, 1.165) is 29.0 Å². The predicted molar refractivity (Wildman–Crippen MR) is 118 cm³/mol. The van der Waals surface area contributed by atoms with E-state index >= 15 is 4.39 Å². The predicted octanol–water partition coefficient (Wildman–Crippen LogP) is 6.77. The van der Waals surface area contributed by atoms with E-state index in [0.29, 0.717) is 18.9 Å². The molecule has 2 rings (SSSR count). The van der Waals surface area contributed by atoms with Crippen LogP contribution in [0.5, 0.6) is 5.75 Å². The first-order chi connectivity index (χ1) is 13.0. The second-order valence-corrected chi connectivity index (χ2v) is 9.83. The van der Waals surface area contributed by atoms with Gasteiger partial charge in [-0.1, -0.05) is 34.1 Å². The molecule has 0 saturated heterocycles. The topological polar surface area (TPSA) is 24.8 Å². The molecule has 0 spiro atoms. The summed E-state index contributed by atoms with van der Waals surface area (Å²) < 4.78 is 21.4. The summed E-state index contributed by atoms with van der Waals surface area (Å²) >= 11 is 0. The van der Waals surface area contributed by atoms with Crippen molar-refractivity contribution in [1.29, 1.82) is 0 Å². The van der Waals surface area contributed by atoms with Crippen LogP contribution in [0, 0.1) is 19.3 Å². The van der Waals surface area contributed by atoms with Gasteiger partial charge in [0.1, 0.15) is 18.0 Å². The zero-order valence-corrected chi connectivity index (χ0v) is 18.9. The number of aryl methyl sites for hydroxylation is 2. The van der Waals surface area contributed by atoms with E-state index in [9.17, 15) is 0 Å². The minimum atomic E-state index is -1.30. The minimum absolute atomic E-state index is 0.0662. The van der Waals surface area contributed by atoms with Crippen LogP contribution < -0.4 is 4.74 Å². The molecule has 4 heteroatoms. The summed E-state index contributed by atoms with van der Waals surface area (Å²) in [5.41, 5.74) is 1.64. The van der Waals surface area contributed by atoms with Gasteiger partial charge in [-0.2, -0.15) is 0 Å². The van der Waals surface area contributed by atoms with E-state index in [2.05, 4.69) is 37.7 Å². The lowest BCUT2D eigenvalue weighted by Crippen LogP contribution is -2.35. The average molecular weight is 391 g/mol. The first kappa shape index (κ1) is 22.7. The summed E-state index contributed by atoms with van der Waals surface area (Å²) in [6, 6.07) is 4.67. The van der Waals surface area contributed by atoms with Crippen molar-refractivity contribution in [3.05, 3.63) is 23.3 Å². The largest absolute Gasteiger partial charge is 0.490 e. The smallest absolute Gasteiger partial charge is 0.145 e. The van der Waals surface area contributed by atoms with Crippen molar-refractivity contribution in [2.75, 3.05) is 13.7 Å². The third kappa shape index (κ3) is 6.49. The summed E-state index contributed by atoms with van der Waals surface area (Å²) in [6.07, 6.45) is 7.60. The van der Waals surface area contributed by atoms with E-state index < -0.39 is 5.67 Å². The maximum absolute atomic E-state index is 15.5. The van der Waals surface area contributed by atoms with Gasteiger partial charge >= 0.3 is 0 Å². The van der Waals surface area contributed by atoms with Crippen molar-refractivity contribution < 1.29 is 9.13 Å². The average Bonchev–Trinajstić information content (AvgIpc) is 2.50. The van der Waals surface area contributed by atoms with Gasteiger partial charge in [0.25, 0.3) is 0 Å². The molecule has 1 aliphatic carbocycles. The molecule has 3 nitrogen and oxygen atoms in total. The Kier molecular flexibility index (Phi) is 7.52. The Balaban J connectivity index is 2.07. The van der Waals surface area contributed by atoms with Gasteiger partial charge < -0.3 is 9.64 Å². The molecule has 158 valence electrons. The van der Waals surface area contributed by atoms with Crippen LogP contribution in [0.15, 0.2) is 17.1 Å². The van der Waals surface area contributed by atoms with Crippen molar-refractivity contribution >= 4 is 12.0 Å². The number of halogens is 1. The number of benzene rings is 1. The molecule has 0 aromatic heterocycles. The second kappa shape index (κ2) is 9.28. The molecular formula is C24H39FN2O. The van der Waals surface area contributed by atoms with E-state index in [1.165, 1.54) is 19.3 Å². The quantitative estimate of drug-likeness (QED) is 0.343. The van der Waals surface area contributed by atoms with E-state index in [1.54, 1.807) is 0 Å². The van der Waals surface area contributed by atoms with Gasteiger partial charge in [-0.15, -0.1) is 0 Å². The van der Waals surface area contributed by atoms with Gasteiger partial charge in [0.05, 0.1) is 12.0 Å². The van der Waals surface area contributed by atoms with Crippen molar-refractivity contribution in [2.24, 2.45) is 10.4 Å². The molecule has 1 saturated carbocycles. The Morgan fingerprint density at radius 3 is 2.43 bits per heavy atom. The number of ether oxygens (including phenoxy) is 1. The molecule has 0 amide bonds. The highest BCUT2D eigenvalue weighted by atomic mass is 19.1. The molecule has 1 unspecified atom stereocenters. The van der Waals surface area contributed by atoms with Gasteiger partial charge in [-0.25, -0.2) is 9.38 Å². The molecule has 1 aromatic rings. The fourth-order valence-electron chi connectivity index (χ4n) is 3.93. The third-order valence-electron chi connectivity index (χ3n) is 5.55. The molecule has 28 heavy (non-hydrogen) atoms.